The highest BCUT2D eigenvalue weighted by atomic mass is 19.1. The van der Waals surface area contributed by atoms with Gasteiger partial charge >= 0.3 is 0 Å². The summed E-state index contributed by atoms with van der Waals surface area (Å²) >= 11 is 0. The fourth-order valence-corrected chi connectivity index (χ4v) is 2.16. The normalized spacial score (nSPS) is 22.9. The van der Waals surface area contributed by atoms with Gasteiger partial charge in [0.1, 0.15) is 6.17 Å². The number of amides is 1. The number of nitrogens with zero attached hydrogens (tertiary/aromatic N) is 1. The molecule has 5 nitrogen and oxygen atoms in total. The van der Waals surface area contributed by atoms with Gasteiger partial charge in [0.05, 0.1) is 5.69 Å². The van der Waals surface area contributed by atoms with Crippen molar-refractivity contribution in [3.8, 4) is 0 Å². The fourth-order valence-electron chi connectivity index (χ4n) is 2.16. The van der Waals surface area contributed by atoms with E-state index in [1.165, 1.54) is 0 Å². The predicted octanol–water partition coefficient (Wildman–Crippen LogP) is 1.30. The first-order chi connectivity index (χ1) is 9.04. The zero-order valence-electron chi connectivity index (χ0n) is 11.3. The van der Waals surface area contributed by atoms with Gasteiger partial charge < -0.3 is 15.2 Å². The van der Waals surface area contributed by atoms with Gasteiger partial charge in [0, 0.05) is 25.2 Å². The van der Waals surface area contributed by atoms with Gasteiger partial charge in [0.25, 0.3) is 5.91 Å². The van der Waals surface area contributed by atoms with Crippen molar-refractivity contribution in [2.45, 2.75) is 38.9 Å². The average Bonchev–Trinajstić information content (AvgIpc) is 2.95. The van der Waals surface area contributed by atoms with E-state index in [2.05, 4.69) is 29.6 Å². The Morgan fingerprint density at radius 3 is 3.11 bits per heavy atom. The molecular weight excluding hydrogens is 249 g/mol. The molecule has 0 bridgehead atoms. The van der Waals surface area contributed by atoms with Crippen LogP contribution in [0.3, 0.4) is 0 Å². The first-order valence-corrected chi connectivity index (χ1v) is 6.66. The van der Waals surface area contributed by atoms with Crippen molar-refractivity contribution in [2.75, 3.05) is 13.1 Å². The lowest BCUT2D eigenvalue weighted by atomic mass is 10.1. The van der Waals surface area contributed by atoms with Crippen LogP contribution in [0, 0.1) is 5.92 Å². The monoisotopic (exact) mass is 269 g/mol. The van der Waals surface area contributed by atoms with E-state index >= 15 is 0 Å². The smallest absolute Gasteiger partial charge is 0.289 e. The molecule has 0 aromatic carbocycles. The Balaban J connectivity index is 1.81. The zero-order valence-corrected chi connectivity index (χ0v) is 11.3. The molecule has 6 heteroatoms. The van der Waals surface area contributed by atoms with Crippen molar-refractivity contribution in [1.82, 2.24) is 15.8 Å². The van der Waals surface area contributed by atoms with Crippen LogP contribution in [0.5, 0.6) is 0 Å². The van der Waals surface area contributed by atoms with Gasteiger partial charge in [-0.3, -0.25) is 4.79 Å². The SMILES string of the molecule is CC(C)Cc1cc(C(=O)NCC2CC(F)CN2)on1. The van der Waals surface area contributed by atoms with Gasteiger partial charge in [-0.1, -0.05) is 19.0 Å². The molecule has 19 heavy (non-hydrogen) atoms. The van der Waals surface area contributed by atoms with Gasteiger partial charge in [-0.15, -0.1) is 0 Å². The van der Waals surface area contributed by atoms with Crippen LogP contribution in [0.25, 0.3) is 0 Å². The van der Waals surface area contributed by atoms with Crippen molar-refractivity contribution >= 4 is 5.91 Å². The average molecular weight is 269 g/mol. The lowest BCUT2D eigenvalue weighted by Crippen LogP contribution is -2.37. The molecule has 1 fully saturated rings. The van der Waals surface area contributed by atoms with E-state index in [4.69, 9.17) is 4.52 Å². The van der Waals surface area contributed by atoms with Crippen LogP contribution >= 0.6 is 0 Å². The van der Waals surface area contributed by atoms with Crippen LogP contribution in [0.15, 0.2) is 10.6 Å². The first kappa shape index (κ1) is 14.0. The maximum atomic E-state index is 12.9. The largest absolute Gasteiger partial charge is 0.351 e. The van der Waals surface area contributed by atoms with E-state index in [0.29, 0.717) is 25.4 Å². The third kappa shape index (κ3) is 4.02. The van der Waals surface area contributed by atoms with Gasteiger partial charge in [0.2, 0.25) is 5.76 Å². The molecule has 2 rings (SSSR count). The van der Waals surface area contributed by atoms with Crippen LogP contribution in [-0.2, 0) is 6.42 Å². The Morgan fingerprint density at radius 2 is 2.47 bits per heavy atom. The number of rotatable bonds is 5. The molecule has 0 spiro atoms. The van der Waals surface area contributed by atoms with Crippen LogP contribution in [-0.4, -0.2) is 36.4 Å². The van der Waals surface area contributed by atoms with Gasteiger partial charge in [-0.25, -0.2) is 4.39 Å². The summed E-state index contributed by atoms with van der Waals surface area (Å²) in [4.78, 5) is 11.8. The molecule has 0 aliphatic carbocycles. The molecule has 1 aromatic rings. The van der Waals surface area contributed by atoms with Crippen LogP contribution in [0.1, 0.15) is 36.5 Å². The molecule has 1 amide bonds. The topological polar surface area (TPSA) is 67.2 Å². The number of alkyl halides is 1. The molecule has 0 radical (unpaired) electrons. The molecule has 106 valence electrons. The standard InChI is InChI=1S/C13H20FN3O2/c1-8(2)3-10-5-12(19-17-10)13(18)16-7-11-4-9(14)6-15-11/h5,8-9,11,15H,3-4,6-7H2,1-2H3,(H,16,18). The molecule has 1 aliphatic heterocycles. The van der Waals surface area contributed by atoms with Gasteiger partial charge in [-0.2, -0.15) is 0 Å². The Kier molecular flexibility index (Phi) is 4.52. The molecule has 0 saturated carbocycles. The highest BCUT2D eigenvalue weighted by Crippen LogP contribution is 2.11. The van der Waals surface area contributed by atoms with Gasteiger partial charge in [0.15, 0.2) is 0 Å². The van der Waals surface area contributed by atoms with E-state index in [9.17, 15) is 9.18 Å². The highest BCUT2D eigenvalue weighted by Gasteiger charge is 2.24. The first-order valence-electron chi connectivity index (χ1n) is 6.66. The highest BCUT2D eigenvalue weighted by molar-refractivity contribution is 5.91. The number of hydrogen-bond acceptors (Lipinski definition) is 4. The molecule has 2 heterocycles. The summed E-state index contributed by atoms with van der Waals surface area (Å²) in [7, 11) is 0. The Hall–Kier alpha value is -1.43. The number of carbonyl (C=O) groups is 1. The summed E-state index contributed by atoms with van der Waals surface area (Å²) in [5.41, 5.74) is 0.781. The molecule has 1 saturated heterocycles. The number of aromatic nitrogens is 1. The minimum atomic E-state index is -0.815. The van der Waals surface area contributed by atoms with Crippen molar-refractivity contribution in [3.63, 3.8) is 0 Å². The third-order valence-corrected chi connectivity index (χ3v) is 3.08. The molecule has 1 aliphatic rings. The fraction of sp³-hybridized carbons (Fsp3) is 0.692. The lowest BCUT2D eigenvalue weighted by Gasteiger charge is -2.09. The van der Waals surface area contributed by atoms with Crippen molar-refractivity contribution in [2.24, 2.45) is 5.92 Å². The summed E-state index contributed by atoms with van der Waals surface area (Å²) < 4.78 is 17.9. The van der Waals surface area contributed by atoms with Crippen molar-refractivity contribution in [1.29, 1.82) is 0 Å². The minimum Gasteiger partial charge on any atom is -0.351 e. The Labute approximate surface area is 111 Å². The second-order valence-electron chi connectivity index (χ2n) is 5.43. The maximum Gasteiger partial charge on any atom is 0.289 e. The number of halogens is 1. The summed E-state index contributed by atoms with van der Waals surface area (Å²) in [5, 5.41) is 9.59. The molecular formula is C13H20FN3O2. The second-order valence-corrected chi connectivity index (χ2v) is 5.43. The molecule has 1 aromatic heterocycles. The molecule has 2 unspecified atom stereocenters. The number of hydrogen-bond donors (Lipinski definition) is 2. The minimum absolute atomic E-state index is 0.00277. The Bertz CT molecular complexity index is 433. The third-order valence-electron chi connectivity index (χ3n) is 3.08. The van der Waals surface area contributed by atoms with E-state index in [0.717, 1.165) is 12.1 Å². The summed E-state index contributed by atoms with van der Waals surface area (Å²) in [6.07, 6.45) is 0.407. The maximum absolute atomic E-state index is 12.9. The lowest BCUT2D eigenvalue weighted by molar-refractivity contribution is 0.0913. The molecule has 2 atom stereocenters. The van der Waals surface area contributed by atoms with Gasteiger partial charge in [-0.05, 0) is 18.8 Å². The van der Waals surface area contributed by atoms with Crippen LogP contribution < -0.4 is 10.6 Å². The van der Waals surface area contributed by atoms with Crippen molar-refractivity contribution in [3.05, 3.63) is 17.5 Å². The summed E-state index contributed by atoms with van der Waals surface area (Å²) in [5.74, 6) is 0.377. The summed E-state index contributed by atoms with van der Waals surface area (Å²) in [6.45, 7) is 4.92. The summed E-state index contributed by atoms with van der Waals surface area (Å²) in [6, 6.07) is 1.66. The van der Waals surface area contributed by atoms with Crippen molar-refractivity contribution < 1.29 is 13.7 Å². The number of nitrogens with one attached hydrogen (secondary N) is 2. The van der Waals surface area contributed by atoms with Crippen LogP contribution in [0.4, 0.5) is 4.39 Å². The van der Waals surface area contributed by atoms with E-state index in [-0.39, 0.29) is 17.7 Å². The van der Waals surface area contributed by atoms with E-state index in [1.54, 1.807) is 6.07 Å². The second kappa shape index (κ2) is 6.14. The quantitative estimate of drug-likeness (QED) is 0.845. The van der Waals surface area contributed by atoms with Crippen LogP contribution in [0.2, 0.25) is 0 Å². The zero-order chi connectivity index (χ0) is 13.8. The van der Waals surface area contributed by atoms with E-state index in [1.807, 2.05) is 0 Å². The number of carbonyl (C=O) groups excluding carboxylic acids is 1. The van der Waals surface area contributed by atoms with E-state index < -0.39 is 6.17 Å². The Morgan fingerprint density at radius 1 is 1.68 bits per heavy atom. The molecule has 2 N–H and O–H groups in total. The predicted molar refractivity (Wildman–Crippen MR) is 68.7 cm³/mol.